The van der Waals surface area contributed by atoms with Gasteiger partial charge in [0.2, 0.25) is 0 Å². The molecule has 0 radical (unpaired) electrons. The molecule has 2 rings (SSSR count). The van der Waals surface area contributed by atoms with Crippen LogP contribution in [-0.4, -0.2) is 16.5 Å². The number of nitrogen functional groups attached to an aromatic ring is 1. The lowest BCUT2D eigenvalue weighted by atomic mass is 9.97. The molecule has 1 unspecified atom stereocenters. The molecule has 1 atom stereocenters. The van der Waals surface area contributed by atoms with Crippen LogP contribution in [0.4, 0.5) is 5.82 Å². The van der Waals surface area contributed by atoms with Crippen molar-refractivity contribution in [3.8, 4) is 0 Å². The fourth-order valence-electron chi connectivity index (χ4n) is 2.07. The molecule has 0 saturated heterocycles. The highest BCUT2D eigenvalue weighted by atomic mass is 14.9. The molecule has 0 spiro atoms. The zero-order valence-corrected chi connectivity index (χ0v) is 10.7. The van der Waals surface area contributed by atoms with Crippen LogP contribution in [0.3, 0.4) is 0 Å². The van der Waals surface area contributed by atoms with E-state index in [1.165, 1.54) is 5.56 Å². The number of aryl methyl sites for hydroxylation is 1. The number of rotatable bonds is 4. The fourth-order valence-corrected chi connectivity index (χ4v) is 2.07. The minimum Gasteiger partial charge on any atom is -0.383 e. The first kappa shape index (κ1) is 12.5. The highest BCUT2D eigenvalue weighted by molar-refractivity contribution is 5.46. The molecule has 0 aliphatic heterocycles. The second-order valence-corrected chi connectivity index (χ2v) is 4.20. The van der Waals surface area contributed by atoms with Crippen molar-refractivity contribution in [2.45, 2.75) is 19.9 Å². The number of anilines is 1. The Morgan fingerprint density at radius 2 is 2.11 bits per heavy atom. The van der Waals surface area contributed by atoms with E-state index in [-0.39, 0.29) is 6.04 Å². The summed E-state index contributed by atoms with van der Waals surface area (Å²) < 4.78 is 0. The molecule has 3 N–H and O–H groups in total. The molecule has 4 heteroatoms. The van der Waals surface area contributed by atoms with Crippen LogP contribution in [0.2, 0.25) is 0 Å². The van der Waals surface area contributed by atoms with Gasteiger partial charge in [-0.3, -0.25) is 4.98 Å². The Morgan fingerprint density at radius 1 is 1.28 bits per heavy atom. The van der Waals surface area contributed by atoms with Gasteiger partial charge in [-0.15, -0.1) is 0 Å². The lowest BCUT2D eigenvalue weighted by Gasteiger charge is -2.21. The average molecular weight is 242 g/mol. The van der Waals surface area contributed by atoms with E-state index in [4.69, 9.17) is 5.73 Å². The molecule has 0 saturated carbocycles. The Balaban J connectivity index is 2.47. The summed E-state index contributed by atoms with van der Waals surface area (Å²) in [6.45, 7) is 5.00. The Bertz CT molecular complexity index is 479. The van der Waals surface area contributed by atoms with Crippen LogP contribution in [0.25, 0.3) is 0 Å². The molecule has 2 aromatic rings. The third-order valence-electron chi connectivity index (χ3n) is 2.97. The molecular weight excluding hydrogens is 224 g/mol. The number of nitrogens with one attached hydrogen (secondary N) is 1. The maximum Gasteiger partial charge on any atom is 0.128 e. The van der Waals surface area contributed by atoms with E-state index in [2.05, 4.69) is 29.1 Å². The van der Waals surface area contributed by atoms with Crippen LogP contribution in [0, 0.1) is 6.92 Å². The third kappa shape index (κ3) is 2.49. The normalized spacial score (nSPS) is 12.3. The van der Waals surface area contributed by atoms with E-state index in [9.17, 15) is 0 Å². The maximum atomic E-state index is 5.97. The van der Waals surface area contributed by atoms with Crippen LogP contribution in [0.5, 0.6) is 0 Å². The number of nitrogens with zero attached hydrogens (tertiary/aromatic N) is 2. The third-order valence-corrected chi connectivity index (χ3v) is 2.97. The predicted octanol–water partition coefficient (Wildman–Crippen LogP) is 2.07. The summed E-state index contributed by atoms with van der Waals surface area (Å²) in [5.41, 5.74) is 9.31. The van der Waals surface area contributed by atoms with Crippen molar-refractivity contribution in [3.63, 3.8) is 0 Å². The van der Waals surface area contributed by atoms with Crippen molar-refractivity contribution in [1.82, 2.24) is 15.3 Å². The van der Waals surface area contributed by atoms with Gasteiger partial charge in [0.1, 0.15) is 5.82 Å². The van der Waals surface area contributed by atoms with Gasteiger partial charge < -0.3 is 11.1 Å². The summed E-state index contributed by atoms with van der Waals surface area (Å²) in [5.74, 6) is 0.569. The maximum absolute atomic E-state index is 5.97. The van der Waals surface area contributed by atoms with Gasteiger partial charge in [0, 0.05) is 24.2 Å². The SMILES string of the molecule is CCNC(c1ccncc1C)c1cccnc1N. The number of nitrogens with two attached hydrogens (primary N) is 1. The van der Waals surface area contributed by atoms with Gasteiger partial charge in [-0.1, -0.05) is 13.0 Å². The zero-order valence-electron chi connectivity index (χ0n) is 10.7. The number of aromatic nitrogens is 2. The molecule has 2 heterocycles. The van der Waals surface area contributed by atoms with E-state index >= 15 is 0 Å². The lowest BCUT2D eigenvalue weighted by Crippen LogP contribution is -2.24. The molecule has 0 aliphatic carbocycles. The smallest absolute Gasteiger partial charge is 0.128 e. The Hall–Kier alpha value is -1.94. The summed E-state index contributed by atoms with van der Waals surface area (Å²) in [7, 11) is 0. The number of hydrogen-bond donors (Lipinski definition) is 2. The van der Waals surface area contributed by atoms with Crippen molar-refractivity contribution >= 4 is 5.82 Å². The summed E-state index contributed by atoms with van der Waals surface area (Å²) >= 11 is 0. The minimum absolute atomic E-state index is 0.0618. The van der Waals surface area contributed by atoms with Gasteiger partial charge in [-0.05, 0) is 36.7 Å². The Morgan fingerprint density at radius 3 is 2.78 bits per heavy atom. The molecule has 4 nitrogen and oxygen atoms in total. The summed E-state index contributed by atoms with van der Waals surface area (Å²) in [4.78, 5) is 8.29. The van der Waals surface area contributed by atoms with Crippen LogP contribution in [0.1, 0.15) is 29.7 Å². The van der Waals surface area contributed by atoms with E-state index in [1.54, 1.807) is 12.4 Å². The summed E-state index contributed by atoms with van der Waals surface area (Å²) in [5, 5.41) is 3.45. The molecule has 0 amide bonds. The highest BCUT2D eigenvalue weighted by Crippen LogP contribution is 2.26. The lowest BCUT2D eigenvalue weighted by molar-refractivity contribution is 0.627. The van der Waals surface area contributed by atoms with Gasteiger partial charge in [-0.25, -0.2) is 4.98 Å². The number of hydrogen-bond acceptors (Lipinski definition) is 4. The van der Waals surface area contributed by atoms with E-state index in [0.717, 1.165) is 17.7 Å². The van der Waals surface area contributed by atoms with Crippen LogP contribution >= 0.6 is 0 Å². The fraction of sp³-hybridized carbons (Fsp3) is 0.286. The molecule has 0 aliphatic rings. The van der Waals surface area contributed by atoms with Gasteiger partial charge in [0.25, 0.3) is 0 Å². The van der Waals surface area contributed by atoms with E-state index in [0.29, 0.717) is 5.82 Å². The van der Waals surface area contributed by atoms with Crippen LogP contribution in [-0.2, 0) is 0 Å². The summed E-state index contributed by atoms with van der Waals surface area (Å²) in [6.07, 6.45) is 5.38. The minimum atomic E-state index is 0.0618. The second-order valence-electron chi connectivity index (χ2n) is 4.20. The quantitative estimate of drug-likeness (QED) is 0.861. The van der Waals surface area contributed by atoms with E-state index < -0.39 is 0 Å². The van der Waals surface area contributed by atoms with Gasteiger partial charge >= 0.3 is 0 Å². The van der Waals surface area contributed by atoms with Crippen molar-refractivity contribution in [1.29, 1.82) is 0 Å². The molecule has 0 fully saturated rings. The van der Waals surface area contributed by atoms with Gasteiger partial charge in [-0.2, -0.15) is 0 Å². The highest BCUT2D eigenvalue weighted by Gasteiger charge is 2.17. The molecular formula is C14H18N4. The summed E-state index contributed by atoms with van der Waals surface area (Å²) in [6, 6.07) is 6.00. The predicted molar refractivity (Wildman–Crippen MR) is 73.1 cm³/mol. The van der Waals surface area contributed by atoms with E-state index in [1.807, 2.05) is 24.4 Å². The van der Waals surface area contributed by atoms with Gasteiger partial charge in [0.15, 0.2) is 0 Å². The van der Waals surface area contributed by atoms with Crippen molar-refractivity contribution in [3.05, 3.63) is 53.5 Å². The molecule has 2 aromatic heterocycles. The molecule has 0 aromatic carbocycles. The average Bonchev–Trinajstić information content (AvgIpc) is 2.38. The Labute approximate surface area is 107 Å². The molecule has 94 valence electrons. The second kappa shape index (κ2) is 5.60. The van der Waals surface area contributed by atoms with Crippen molar-refractivity contribution in [2.24, 2.45) is 0 Å². The van der Waals surface area contributed by atoms with Crippen molar-refractivity contribution in [2.75, 3.05) is 12.3 Å². The van der Waals surface area contributed by atoms with Crippen LogP contribution in [0.15, 0.2) is 36.8 Å². The largest absolute Gasteiger partial charge is 0.383 e. The van der Waals surface area contributed by atoms with Gasteiger partial charge in [0.05, 0.1) is 6.04 Å². The molecule has 18 heavy (non-hydrogen) atoms. The Kier molecular flexibility index (Phi) is 3.89. The monoisotopic (exact) mass is 242 g/mol. The standard InChI is InChI=1S/C14H18N4/c1-3-17-13(11-6-8-16-9-10(11)2)12-5-4-7-18-14(12)15/h4-9,13,17H,3H2,1-2H3,(H2,15,18). The first-order valence-corrected chi connectivity index (χ1v) is 6.08. The number of pyridine rings is 2. The first-order valence-electron chi connectivity index (χ1n) is 6.08. The zero-order chi connectivity index (χ0) is 13.0. The van der Waals surface area contributed by atoms with Crippen LogP contribution < -0.4 is 11.1 Å². The van der Waals surface area contributed by atoms with Crippen molar-refractivity contribution < 1.29 is 0 Å². The first-order chi connectivity index (χ1) is 8.74. The topological polar surface area (TPSA) is 63.8 Å². The molecule has 0 bridgehead atoms.